The first-order chi connectivity index (χ1) is 15.4. The van der Waals surface area contributed by atoms with E-state index in [0.29, 0.717) is 23.1 Å². The first-order valence-corrected chi connectivity index (χ1v) is 10.7. The molecule has 0 aliphatic carbocycles. The van der Waals surface area contributed by atoms with Crippen molar-refractivity contribution in [1.82, 2.24) is 14.8 Å². The van der Waals surface area contributed by atoms with Gasteiger partial charge in [-0.1, -0.05) is 41.4 Å². The molecule has 0 aliphatic heterocycles. The Morgan fingerprint density at radius 1 is 1.06 bits per heavy atom. The fourth-order valence-corrected chi connectivity index (χ4v) is 3.49. The Bertz CT molecular complexity index is 1270. The predicted octanol–water partition coefficient (Wildman–Crippen LogP) is 5.86. The van der Waals surface area contributed by atoms with Crippen LogP contribution >= 0.6 is 11.6 Å². The predicted molar refractivity (Wildman–Crippen MR) is 127 cm³/mol. The molecule has 162 valence electrons. The van der Waals surface area contributed by atoms with Gasteiger partial charge in [-0.2, -0.15) is 0 Å². The van der Waals surface area contributed by atoms with Crippen molar-refractivity contribution in [3.8, 4) is 22.8 Å². The maximum atomic E-state index is 13.0. The minimum atomic E-state index is -0.408. The molecular formula is C25H23ClN4O2. The van der Waals surface area contributed by atoms with E-state index in [1.54, 1.807) is 16.8 Å². The van der Waals surface area contributed by atoms with Crippen molar-refractivity contribution in [2.75, 3.05) is 11.9 Å². The second kappa shape index (κ2) is 9.24. The molecule has 0 bridgehead atoms. The number of halogens is 1. The zero-order valence-corrected chi connectivity index (χ0v) is 18.8. The van der Waals surface area contributed by atoms with E-state index in [0.717, 1.165) is 28.1 Å². The Morgan fingerprint density at radius 3 is 2.56 bits per heavy atom. The van der Waals surface area contributed by atoms with Gasteiger partial charge >= 0.3 is 0 Å². The van der Waals surface area contributed by atoms with Gasteiger partial charge in [0.25, 0.3) is 5.91 Å². The van der Waals surface area contributed by atoms with Crippen LogP contribution in [0, 0.1) is 13.8 Å². The lowest BCUT2D eigenvalue weighted by Crippen LogP contribution is -2.15. The van der Waals surface area contributed by atoms with Crippen LogP contribution in [0.5, 0.6) is 5.75 Å². The number of hydrogen-bond acceptors (Lipinski definition) is 4. The Morgan fingerprint density at radius 2 is 1.84 bits per heavy atom. The summed E-state index contributed by atoms with van der Waals surface area (Å²) in [5, 5.41) is 7.94. The number of aromatic nitrogens is 3. The van der Waals surface area contributed by atoms with Crippen molar-refractivity contribution in [3.05, 3.63) is 88.7 Å². The van der Waals surface area contributed by atoms with Crippen molar-refractivity contribution in [1.29, 1.82) is 0 Å². The minimum Gasteiger partial charge on any atom is -0.494 e. The molecule has 0 fully saturated rings. The van der Waals surface area contributed by atoms with E-state index in [1.807, 2.05) is 75.4 Å². The Balaban J connectivity index is 1.75. The Labute approximate surface area is 191 Å². The van der Waals surface area contributed by atoms with Crippen LogP contribution in [0.15, 0.2) is 66.7 Å². The van der Waals surface area contributed by atoms with Gasteiger partial charge in [0.2, 0.25) is 5.82 Å². The number of aryl methyl sites for hydroxylation is 2. The van der Waals surface area contributed by atoms with Crippen LogP contribution in [0.3, 0.4) is 0 Å². The lowest BCUT2D eigenvalue weighted by molar-refractivity contribution is 0.101. The van der Waals surface area contributed by atoms with Gasteiger partial charge in [0, 0.05) is 16.3 Å². The van der Waals surface area contributed by atoms with E-state index in [2.05, 4.69) is 15.4 Å². The first kappa shape index (κ1) is 21.6. The molecule has 0 atom stereocenters. The lowest BCUT2D eigenvalue weighted by atomic mass is 10.1. The molecule has 6 nitrogen and oxygen atoms in total. The van der Waals surface area contributed by atoms with E-state index >= 15 is 0 Å². The van der Waals surface area contributed by atoms with Crippen molar-refractivity contribution in [2.45, 2.75) is 20.8 Å². The van der Waals surface area contributed by atoms with Crippen molar-refractivity contribution in [3.63, 3.8) is 0 Å². The standard InChI is InChI=1S/C25H23ClN4O2/c1-4-32-21-12-10-20(11-13-21)30-24(18-7-5-6-16(2)14-18)28-23(29-30)25(31)27-22-15-19(26)9-8-17(22)3/h5-15H,4H2,1-3H3,(H,27,31). The summed E-state index contributed by atoms with van der Waals surface area (Å²) in [6.45, 7) is 6.44. The van der Waals surface area contributed by atoms with Crippen LogP contribution in [-0.2, 0) is 0 Å². The smallest absolute Gasteiger partial charge is 0.295 e. The average molecular weight is 447 g/mol. The van der Waals surface area contributed by atoms with Gasteiger partial charge in [0.15, 0.2) is 5.82 Å². The molecule has 32 heavy (non-hydrogen) atoms. The number of ether oxygens (including phenoxy) is 1. The van der Waals surface area contributed by atoms with Crippen LogP contribution in [0.2, 0.25) is 5.02 Å². The molecule has 4 aromatic rings. The molecule has 0 spiro atoms. The molecule has 3 aromatic carbocycles. The molecule has 0 saturated heterocycles. The Hall–Kier alpha value is -3.64. The maximum Gasteiger partial charge on any atom is 0.295 e. The number of amides is 1. The summed E-state index contributed by atoms with van der Waals surface area (Å²) in [5.41, 5.74) is 4.24. The van der Waals surface area contributed by atoms with Gasteiger partial charge < -0.3 is 10.1 Å². The number of anilines is 1. The summed E-state index contributed by atoms with van der Waals surface area (Å²) >= 11 is 6.09. The van der Waals surface area contributed by atoms with E-state index in [1.165, 1.54) is 0 Å². The zero-order chi connectivity index (χ0) is 22.7. The SMILES string of the molecule is CCOc1ccc(-n2nc(C(=O)Nc3cc(Cl)ccc3C)nc2-c2cccc(C)c2)cc1. The molecule has 1 heterocycles. The molecule has 0 aliphatic rings. The molecule has 0 saturated carbocycles. The van der Waals surface area contributed by atoms with E-state index < -0.39 is 5.91 Å². The first-order valence-electron chi connectivity index (χ1n) is 10.3. The highest BCUT2D eigenvalue weighted by Crippen LogP contribution is 2.25. The van der Waals surface area contributed by atoms with Crippen LogP contribution < -0.4 is 10.1 Å². The van der Waals surface area contributed by atoms with Crippen LogP contribution in [0.1, 0.15) is 28.7 Å². The molecule has 0 radical (unpaired) electrons. The summed E-state index contributed by atoms with van der Waals surface area (Å²) < 4.78 is 7.21. The van der Waals surface area contributed by atoms with Crippen molar-refractivity contribution in [2.24, 2.45) is 0 Å². The van der Waals surface area contributed by atoms with Crippen LogP contribution in [0.25, 0.3) is 17.1 Å². The number of hydrogen-bond donors (Lipinski definition) is 1. The highest BCUT2D eigenvalue weighted by molar-refractivity contribution is 6.31. The van der Waals surface area contributed by atoms with Gasteiger partial charge in [0.1, 0.15) is 5.75 Å². The van der Waals surface area contributed by atoms with E-state index in [-0.39, 0.29) is 5.82 Å². The van der Waals surface area contributed by atoms with Crippen LogP contribution in [-0.4, -0.2) is 27.3 Å². The topological polar surface area (TPSA) is 69.0 Å². The van der Waals surface area contributed by atoms with Crippen molar-refractivity contribution >= 4 is 23.2 Å². The fourth-order valence-electron chi connectivity index (χ4n) is 3.32. The van der Waals surface area contributed by atoms with Crippen LogP contribution in [0.4, 0.5) is 5.69 Å². The third-order valence-corrected chi connectivity index (χ3v) is 5.16. The zero-order valence-electron chi connectivity index (χ0n) is 18.1. The number of rotatable bonds is 6. The van der Waals surface area contributed by atoms with E-state index in [4.69, 9.17) is 16.3 Å². The molecular weight excluding hydrogens is 424 g/mol. The quantitative estimate of drug-likeness (QED) is 0.403. The molecule has 1 N–H and O–H groups in total. The monoisotopic (exact) mass is 446 g/mol. The fraction of sp³-hybridized carbons (Fsp3) is 0.160. The average Bonchev–Trinajstić information content (AvgIpc) is 3.23. The molecule has 1 amide bonds. The second-order valence-corrected chi connectivity index (χ2v) is 7.82. The molecule has 7 heteroatoms. The summed E-state index contributed by atoms with van der Waals surface area (Å²) in [5.74, 6) is 0.998. The molecule has 1 aromatic heterocycles. The summed E-state index contributed by atoms with van der Waals surface area (Å²) in [6.07, 6.45) is 0. The highest BCUT2D eigenvalue weighted by atomic mass is 35.5. The van der Waals surface area contributed by atoms with Gasteiger partial charge in [-0.05, 0) is 68.8 Å². The highest BCUT2D eigenvalue weighted by Gasteiger charge is 2.20. The second-order valence-electron chi connectivity index (χ2n) is 7.38. The Kier molecular flexibility index (Phi) is 6.23. The minimum absolute atomic E-state index is 0.0646. The van der Waals surface area contributed by atoms with Gasteiger partial charge in [-0.15, -0.1) is 5.10 Å². The molecule has 4 rings (SSSR count). The summed E-state index contributed by atoms with van der Waals surface area (Å²) in [4.78, 5) is 17.6. The number of carbonyl (C=O) groups excluding carboxylic acids is 1. The number of nitrogens with zero attached hydrogens (tertiary/aromatic N) is 3. The van der Waals surface area contributed by atoms with Crippen molar-refractivity contribution < 1.29 is 9.53 Å². The number of carbonyl (C=O) groups is 1. The summed E-state index contributed by atoms with van der Waals surface area (Å²) in [7, 11) is 0. The number of benzene rings is 3. The van der Waals surface area contributed by atoms with Gasteiger partial charge in [-0.3, -0.25) is 4.79 Å². The lowest BCUT2D eigenvalue weighted by Gasteiger charge is -2.08. The molecule has 0 unspecified atom stereocenters. The number of nitrogens with one attached hydrogen (secondary N) is 1. The normalized spacial score (nSPS) is 10.8. The largest absolute Gasteiger partial charge is 0.494 e. The van der Waals surface area contributed by atoms with Gasteiger partial charge in [-0.25, -0.2) is 9.67 Å². The third kappa shape index (κ3) is 4.65. The maximum absolute atomic E-state index is 13.0. The summed E-state index contributed by atoms with van der Waals surface area (Å²) in [6, 6.07) is 20.8. The van der Waals surface area contributed by atoms with Gasteiger partial charge in [0.05, 0.1) is 12.3 Å². The van der Waals surface area contributed by atoms with E-state index in [9.17, 15) is 4.79 Å². The third-order valence-electron chi connectivity index (χ3n) is 4.93.